The summed E-state index contributed by atoms with van der Waals surface area (Å²) < 4.78 is 60.5. The summed E-state index contributed by atoms with van der Waals surface area (Å²) in [5.41, 5.74) is -1.79. The predicted molar refractivity (Wildman–Crippen MR) is 50.6 cm³/mol. The predicted octanol–water partition coefficient (Wildman–Crippen LogP) is 1.21. The van der Waals surface area contributed by atoms with Crippen LogP contribution in [0, 0.1) is 0 Å². The first-order valence-electron chi connectivity index (χ1n) is 4.59. The van der Waals surface area contributed by atoms with E-state index in [4.69, 9.17) is 5.84 Å². The molecule has 0 spiro atoms. The van der Waals surface area contributed by atoms with Gasteiger partial charge in [0.25, 0.3) is 5.91 Å². The third kappa shape index (κ3) is 3.44. The summed E-state index contributed by atoms with van der Waals surface area (Å²) in [5, 5.41) is -0.380. The first-order valence-corrected chi connectivity index (χ1v) is 4.59. The highest BCUT2D eigenvalue weighted by Crippen LogP contribution is 2.27. The van der Waals surface area contributed by atoms with E-state index in [1.807, 2.05) is 0 Å². The number of hydrazine groups is 1. The van der Waals surface area contributed by atoms with Crippen molar-refractivity contribution < 1.29 is 31.5 Å². The van der Waals surface area contributed by atoms with Crippen molar-refractivity contribution in [3.63, 3.8) is 0 Å². The Kier molecular flexibility index (Phi) is 4.14. The van der Waals surface area contributed by atoms with Gasteiger partial charge < -0.3 is 0 Å². The van der Waals surface area contributed by atoms with Crippen molar-refractivity contribution >= 4 is 11.8 Å². The largest absolute Gasteiger partial charge is 0.433 e. The second kappa shape index (κ2) is 5.26. The lowest BCUT2D eigenvalue weighted by Crippen LogP contribution is -2.45. The number of nitrogens with two attached hydrogens (primary N) is 1. The second-order valence-corrected chi connectivity index (χ2v) is 3.24. The van der Waals surface area contributed by atoms with Crippen LogP contribution in [0.1, 0.15) is 16.1 Å². The number of pyridine rings is 1. The Labute approximate surface area is 102 Å². The van der Waals surface area contributed by atoms with Crippen LogP contribution in [0.4, 0.5) is 22.0 Å². The molecule has 0 aliphatic carbocycles. The van der Waals surface area contributed by atoms with Crippen LogP contribution in [0.5, 0.6) is 0 Å². The van der Waals surface area contributed by atoms with E-state index in [2.05, 4.69) is 4.98 Å². The van der Waals surface area contributed by atoms with E-state index in [0.717, 1.165) is 0 Å². The summed E-state index contributed by atoms with van der Waals surface area (Å²) in [7, 11) is 0. The fourth-order valence-corrected chi connectivity index (χ4v) is 1.03. The van der Waals surface area contributed by atoms with Crippen molar-refractivity contribution in [1.29, 1.82) is 0 Å². The Morgan fingerprint density at radius 2 is 1.84 bits per heavy atom. The van der Waals surface area contributed by atoms with Crippen molar-refractivity contribution in [2.24, 2.45) is 5.84 Å². The van der Waals surface area contributed by atoms with Crippen molar-refractivity contribution in [3.8, 4) is 0 Å². The molecule has 0 atom stereocenters. The quantitative estimate of drug-likeness (QED) is 0.383. The molecule has 0 unspecified atom stereocenters. The van der Waals surface area contributed by atoms with Crippen molar-refractivity contribution in [2.75, 3.05) is 0 Å². The van der Waals surface area contributed by atoms with E-state index in [1.165, 1.54) is 0 Å². The van der Waals surface area contributed by atoms with E-state index < -0.39 is 35.7 Å². The number of rotatable bonds is 2. The second-order valence-electron chi connectivity index (χ2n) is 3.24. The molecule has 10 heteroatoms. The molecule has 5 nitrogen and oxygen atoms in total. The maximum absolute atomic E-state index is 12.2. The molecule has 1 aromatic heterocycles. The molecular formula is C9H6F5N3O2. The van der Waals surface area contributed by atoms with Crippen LogP contribution in [0.15, 0.2) is 18.3 Å². The van der Waals surface area contributed by atoms with Crippen molar-refractivity contribution in [1.82, 2.24) is 9.99 Å². The number of hydrogen-bond donors (Lipinski definition) is 1. The maximum Gasteiger partial charge on any atom is 0.433 e. The molecule has 0 radical (unpaired) electrons. The molecule has 0 saturated carbocycles. The molecule has 19 heavy (non-hydrogen) atoms. The van der Waals surface area contributed by atoms with Gasteiger partial charge in [-0.1, -0.05) is 0 Å². The first kappa shape index (κ1) is 15.0. The molecule has 1 heterocycles. The van der Waals surface area contributed by atoms with Gasteiger partial charge in [-0.15, -0.1) is 0 Å². The van der Waals surface area contributed by atoms with E-state index >= 15 is 0 Å². The Bertz CT molecular complexity index is 486. The van der Waals surface area contributed by atoms with Gasteiger partial charge in [0.2, 0.25) is 0 Å². The van der Waals surface area contributed by atoms with Gasteiger partial charge in [-0.05, 0) is 12.1 Å². The number of carbonyl (C=O) groups excluding carboxylic acids is 2. The van der Waals surface area contributed by atoms with E-state index in [-0.39, 0.29) is 5.01 Å². The third-order valence-electron chi connectivity index (χ3n) is 1.94. The number of alkyl halides is 5. The van der Waals surface area contributed by atoms with Gasteiger partial charge in [-0.2, -0.15) is 22.0 Å². The molecule has 0 aliphatic heterocycles. The fourth-order valence-electron chi connectivity index (χ4n) is 1.03. The summed E-state index contributed by atoms with van der Waals surface area (Å²) in [6.07, 6.45) is -7.72. The van der Waals surface area contributed by atoms with E-state index in [0.29, 0.717) is 18.3 Å². The summed E-state index contributed by atoms with van der Waals surface area (Å²) in [4.78, 5) is 25.0. The molecule has 0 saturated heterocycles. The van der Waals surface area contributed by atoms with Crippen LogP contribution in [0.2, 0.25) is 0 Å². The highest BCUT2D eigenvalue weighted by atomic mass is 19.4. The van der Waals surface area contributed by atoms with Crippen molar-refractivity contribution in [3.05, 3.63) is 29.6 Å². The standard InChI is InChI=1S/C9H6F5N3O2/c10-6(11)8(19)17(15)7(18)4-1-2-5(16-3-4)9(12,13)14/h1-3,6H,15H2. The molecule has 1 rings (SSSR count). The highest BCUT2D eigenvalue weighted by Gasteiger charge is 2.33. The maximum atomic E-state index is 12.2. The van der Waals surface area contributed by atoms with Gasteiger partial charge in [-0.3, -0.25) is 14.6 Å². The molecule has 0 bridgehead atoms. The van der Waals surface area contributed by atoms with Gasteiger partial charge in [0.1, 0.15) is 5.69 Å². The zero-order chi connectivity index (χ0) is 14.8. The lowest BCUT2D eigenvalue weighted by atomic mass is 10.2. The molecule has 0 fully saturated rings. The zero-order valence-electron chi connectivity index (χ0n) is 8.99. The van der Waals surface area contributed by atoms with E-state index in [9.17, 15) is 31.5 Å². The molecular weight excluding hydrogens is 277 g/mol. The SMILES string of the molecule is NN(C(=O)c1ccc(C(F)(F)F)nc1)C(=O)C(F)F. The summed E-state index contributed by atoms with van der Waals surface area (Å²) in [6, 6.07) is 1.14. The number of aromatic nitrogens is 1. The number of nitrogens with zero attached hydrogens (tertiary/aromatic N) is 2. The highest BCUT2D eigenvalue weighted by molar-refractivity contribution is 6.04. The first-order chi connectivity index (χ1) is 8.64. The van der Waals surface area contributed by atoms with Crippen LogP contribution < -0.4 is 5.84 Å². The molecule has 1 aromatic rings. The van der Waals surface area contributed by atoms with Gasteiger partial charge in [0.15, 0.2) is 0 Å². The van der Waals surface area contributed by atoms with Crippen LogP contribution in [0.25, 0.3) is 0 Å². The Morgan fingerprint density at radius 1 is 1.26 bits per heavy atom. The molecule has 0 aromatic carbocycles. The Morgan fingerprint density at radius 3 is 2.21 bits per heavy atom. The Hall–Kier alpha value is -2.10. The number of halogens is 5. The van der Waals surface area contributed by atoms with Crippen molar-refractivity contribution in [2.45, 2.75) is 12.6 Å². The average Bonchev–Trinajstić information content (AvgIpc) is 2.35. The molecule has 104 valence electrons. The molecule has 0 aliphatic rings. The Balaban J connectivity index is 2.93. The third-order valence-corrected chi connectivity index (χ3v) is 1.94. The summed E-state index contributed by atoms with van der Waals surface area (Å²) in [6.45, 7) is 0. The van der Waals surface area contributed by atoms with Gasteiger partial charge >= 0.3 is 18.5 Å². The van der Waals surface area contributed by atoms with Crippen LogP contribution in [0.3, 0.4) is 0 Å². The minimum Gasteiger partial charge on any atom is -0.267 e. The average molecular weight is 283 g/mol. The topological polar surface area (TPSA) is 76.3 Å². The molecule has 2 N–H and O–H groups in total. The van der Waals surface area contributed by atoms with E-state index in [1.54, 1.807) is 0 Å². The number of amides is 2. The number of hydrogen-bond acceptors (Lipinski definition) is 4. The lowest BCUT2D eigenvalue weighted by Gasteiger charge is -2.14. The smallest absolute Gasteiger partial charge is 0.267 e. The van der Waals surface area contributed by atoms with Gasteiger partial charge in [0.05, 0.1) is 5.56 Å². The minimum absolute atomic E-state index is 0.380. The summed E-state index contributed by atoms with van der Waals surface area (Å²) in [5.74, 6) is 1.47. The monoisotopic (exact) mass is 283 g/mol. The fraction of sp³-hybridized carbons (Fsp3) is 0.222. The zero-order valence-corrected chi connectivity index (χ0v) is 8.99. The lowest BCUT2D eigenvalue weighted by molar-refractivity contribution is -0.141. The number of imide groups is 1. The molecule has 2 amide bonds. The van der Waals surface area contributed by atoms with Crippen LogP contribution in [-0.2, 0) is 11.0 Å². The van der Waals surface area contributed by atoms with Crippen LogP contribution in [-0.4, -0.2) is 28.2 Å². The number of carbonyl (C=O) groups is 2. The normalized spacial score (nSPS) is 11.5. The van der Waals surface area contributed by atoms with Crippen LogP contribution >= 0.6 is 0 Å². The van der Waals surface area contributed by atoms with Gasteiger partial charge in [-0.25, -0.2) is 10.9 Å². The van der Waals surface area contributed by atoms with Gasteiger partial charge in [0, 0.05) is 6.20 Å². The minimum atomic E-state index is -4.71. The summed E-state index contributed by atoms with van der Waals surface area (Å²) >= 11 is 0.